The number of rotatable bonds is 9. The number of ether oxygens (including phenoxy) is 1. The molecule has 9 rings (SSSR count). The van der Waals surface area contributed by atoms with Gasteiger partial charge in [0.15, 0.2) is 11.6 Å². The van der Waals surface area contributed by atoms with Crippen LogP contribution in [0.5, 0.6) is 5.75 Å². The Morgan fingerprint density at radius 3 is 2.04 bits per heavy atom. The molecule has 0 radical (unpaired) electrons. The summed E-state index contributed by atoms with van der Waals surface area (Å²) in [7, 11) is 0. The summed E-state index contributed by atoms with van der Waals surface area (Å²) in [5, 5.41) is 12.7. The Balaban J connectivity index is 1.16. The number of anilines is 3. The van der Waals surface area contributed by atoms with Crippen LogP contribution in [0.3, 0.4) is 0 Å². The molecule has 5 aromatic rings. The van der Waals surface area contributed by atoms with Crippen molar-refractivity contribution in [1.29, 1.82) is 0 Å². The molecular weight excluding hydrogens is 701 g/mol. The number of carbonyl (C=O) groups is 4. The summed E-state index contributed by atoms with van der Waals surface area (Å²) in [5.41, 5.74) is 4.39. The smallest absolute Gasteiger partial charge is 0.238 e. The molecule has 1 aliphatic heterocycles. The number of fused-ring (bicyclic) bond motifs is 4. The highest BCUT2D eigenvalue weighted by molar-refractivity contribution is 6.32. The molecule has 6 atom stereocenters. The number of Topliss-reactive ketones (excluding diaryl/α,β-unsaturated/α-hetero) is 1. The topological polar surface area (TPSA) is 113 Å². The monoisotopic (exact) mass is 740 g/mol. The van der Waals surface area contributed by atoms with Gasteiger partial charge in [0.1, 0.15) is 12.4 Å². The maximum atomic E-state index is 15.2. The van der Waals surface area contributed by atoms with Gasteiger partial charge in [-0.05, 0) is 90.1 Å². The lowest BCUT2D eigenvalue weighted by Gasteiger charge is -2.55. The van der Waals surface area contributed by atoms with Gasteiger partial charge in [0.25, 0.3) is 0 Å². The molecule has 56 heavy (non-hydrogen) atoms. The minimum Gasteiger partial charge on any atom is -0.491 e. The first kappa shape index (κ1) is 35.3. The largest absolute Gasteiger partial charge is 0.491 e. The molecule has 0 spiro atoms. The molecule has 8 heteroatoms. The van der Waals surface area contributed by atoms with E-state index >= 15 is 9.59 Å². The minimum absolute atomic E-state index is 0.133. The van der Waals surface area contributed by atoms with Crippen LogP contribution in [-0.2, 0) is 24.6 Å². The number of nitrogens with zero attached hydrogens (tertiary/aromatic N) is 1. The Bertz CT molecular complexity index is 2370. The van der Waals surface area contributed by atoms with Gasteiger partial charge in [0.05, 0.1) is 29.5 Å². The fourth-order valence-corrected chi connectivity index (χ4v) is 9.81. The summed E-state index contributed by atoms with van der Waals surface area (Å²) in [5.74, 6) is -3.52. The number of ketones is 2. The first-order chi connectivity index (χ1) is 27.4. The number of aliphatic hydroxyl groups is 1. The fourth-order valence-electron chi connectivity index (χ4n) is 9.81. The van der Waals surface area contributed by atoms with E-state index in [1.165, 1.54) is 11.0 Å². The minimum atomic E-state index is -1.31. The Kier molecular flexibility index (Phi) is 9.06. The average Bonchev–Trinajstić information content (AvgIpc) is 3.50. The molecule has 8 nitrogen and oxygen atoms in total. The van der Waals surface area contributed by atoms with Crippen LogP contribution in [-0.4, -0.2) is 41.7 Å². The van der Waals surface area contributed by atoms with Crippen LogP contribution in [0, 0.1) is 23.7 Å². The molecule has 2 amide bonds. The number of hydrogen-bond donors (Lipinski definition) is 2. The van der Waals surface area contributed by atoms with Crippen LogP contribution in [0.15, 0.2) is 157 Å². The van der Waals surface area contributed by atoms with Crippen LogP contribution < -0.4 is 15.0 Å². The van der Waals surface area contributed by atoms with E-state index in [1.807, 2.05) is 127 Å². The van der Waals surface area contributed by atoms with Gasteiger partial charge >= 0.3 is 0 Å². The van der Waals surface area contributed by atoms with E-state index in [1.54, 1.807) is 12.1 Å². The Morgan fingerprint density at radius 1 is 0.714 bits per heavy atom. The molecule has 2 fully saturated rings. The van der Waals surface area contributed by atoms with E-state index in [0.717, 1.165) is 28.1 Å². The fraction of sp³-hybridized carbons (Fsp3) is 0.208. The Labute approximate surface area is 325 Å². The third-order valence-corrected chi connectivity index (χ3v) is 12.1. The van der Waals surface area contributed by atoms with Gasteiger partial charge in [-0.2, -0.15) is 0 Å². The van der Waals surface area contributed by atoms with Crippen molar-refractivity contribution in [1.82, 2.24) is 0 Å². The van der Waals surface area contributed by atoms with Gasteiger partial charge in [-0.15, -0.1) is 0 Å². The summed E-state index contributed by atoms with van der Waals surface area (Å²) < 4.78 is 5.71. The van der Waals surface area contributed by atoms with Crippen molar-refractivity contribution in [2.45, 2.75) is 24.2 Å². The molecular formula is C48H40N2O6. The number of carbonyl (C=O) groups excluding carboxylic acids is 4. The van der Waals surface area contributed by atoms with Crippen molar-refractivity contribution in [2.24, 2.45) is 23.7 Å². The second-order valence-corrected chi connectivity index (χ2v) is 15.0. The highest BCUT2D eigenvalue weighted by Gasteiger charge is 2.66. The van der Waals surface area contributed by atoms with Crippen LogP contribution in [0.2, 0.25) is 0 Å². The number of aliphatic hydroxyl groups excluding tert-OH is 1. The second kappa shape index (κ2) is 14.4. The first-order valence-corrected chi connectivity index (χ1v) is 19.1. The molecule has 0 bridgehead atoms. The van der Waals surface area contributed by atoms with Gasteiger partial charge in [0, 0.05) is 28.8 Å². The highest BCUT2D eigenvalue weighted by Crippen LogP contribution is 2.63. The van der Waals surface area contributed by atoms with Crippen LogP contribution >= 0.6 is 0 Å². The van der Waals surface area contributed by atoms with E-state index in [2.05, 4.69) is 11.4 Å². The number of para-hydroxylation sites is 1. The summed E-state index contributed by atoms with van der Waals surface area (Å²) >= 11 is 0. The van der Waals surface area contributed by atoms with Gasteiger partial charge in [0.2, 0.25) is 11.8 Å². The molecule has 1 saturated heterocycles. The third kappa shape index (κ3) is 5.71. The lowest BCUT2D eigenvalue weighted by molar-refractivity contribution is -0.135. The zero-order chi connectivity index (χ0) is 38.4. The molecule has 0 aromatic heterocycles. The maximum Gasteiger partial charge on any atom is 0.238 e. The molecule has 1 saturated carbocycles. The second-order valence-electron chi connectivity index (χ2n) is 15.0. The number of nitrogens with one attached hydrogen (secondary N) is 1. The van der Waals surface area contributed by atoms with Gasteiger partial charge in [-0.3, -0.25) is 24.1 Å². The lowest BCUT2D eigenvalue weighted by Crippen LogP contribution is -2.58. The highest BCUT2D eigenvalue weighted by atomic mass is 16.5. The van der Waals surface area contributed by atoms with Gasteiger partial charge in [-0.25, -0.2) is 0 Å². The van der Waals surface area contributed by atoms with Gasteiger partial charge in [-0.1, -0.05) is 103 Å². The average molecular weight is 741 g/mol. The number of hydrogen-bond acceptors (Lipinski definition) is 7. The predicted molar refractivity (Wildman–Crippen MR) is 214 cm³/mol. The zero-order valence-corrected chi connectivity index (χ0v) is 30.6. The Morgan fingerprint density at radius 2 is 1.36 bits per heavy atom. The molecule has 1 heterocycles. The molecule has 2 N–H and O–H groups in total. The normalized spacial score (nSPS) is 25.4. The summed E-state index contributed by atoms with van der Waals surface area (Å²) in [6, 6.07) is 43.3. The molecule has 5 aromatic carbocycles. The van der Waals surface area contributed by atoms with Crippen molar-refractivity contribution in [3.05, 3.63) is 174 Å². The van der Waals surface area contributed by atoms with E-state index in [4.69, 9.17) is 4.74 Å². The van der Waals surface area contributed by atoms with Crippen LogP contribution in [0.25, 0.3) is 5.57 Å². The Hall–Kier alpha value is -6.38. The maximum absolute atomic E-state index is 15.2. The van der Waals surface area contributed by atoms with Crippen LogP contribution in [0.4, 0.5) is 17.1 Å². The van der Waals surface area contributed by atoms with Crippen molar-refractivity contribution in [3.63, 3.8) is 0 Å². The first-order valence-electron chi connectivity index (χ1n) is 19.1. The number of amides is 2. The number of imide groups is 1. The standard InChI is InChI=1S/C48H40N2O6/c51-26-27-56-36-22-16-31(17-23-36)44-37-24-25-38-43(47(55)50(46(38)54)35-20-18-34(19-21-35)49-33-14-8-3-9-15-33)40(37)28-41-45(53)39(30-10-4-1-5-11-30)29-42(52)48(41,44)32-12-6-2-7-13-32/h1-24,29,38,40-41,43-44,49,51H,25-28H2. The third-order valence-electron chi connectivity index (χ3n) is 12.1. The van der Waals surface area contributed by atoms with E-state index in [9.17, 15) is 14.7 Å². The summed E-state index contributed by atoms with van der Waals surface area (Å²) in [6.45, 7) is -0.000469. The van der Waals surface area contributed by atoms with E-state index in [0.29, 0.717) is 29.0 Å². The van der Waals surface area contributed by atoms with Crippen molar-refractivity contribution >= 4 is 46.0 Å². The molecule has 3 aliphatic carbocycles. The molecule has 6 unspecified atom stereocenters. The molecule has 4 aliphatic rings. The summed E-state index contributed by atoms with van der Waals surface area (Å²) in [4.78, 5) is 60.8. The zero-order valence-electron chi connectivity index (χ0n) is 30.6. The van der Waals surface area contributed by atoms with Crippen molar-refractivity contribution < 1.29 is 29.0 Å². The predicted octanol–water partition coefficient (Wildman–Crippen LogP) is 7.83. The quantitative estimate of drug-likeness (QED) is 0.117. The van der Waals surface area contributed by atoms with Crippen LogP contribution in [0.1, 0.15) is 35.4 Å². The van der Waals surface area contributed by atoms with E-state index in [-0.39, 0.29) is 43.0 Å². The van der Waals surface area contributed by atoms with Crippen molar-refractivity contribution in [2.75, 3.05) is 23.4 Å². The summed E-state index contributed by atoms with van der Waals surface area (Å²) in [6.07, 6.45) is 4.17. The number of allylic oxidation sites excluding steroid dienone is 4. The lowest BCUT2D eigenvalue weighted by atomic mass is 9.44. The van der Waals surface area contributed by atoms with Crippen molar-refractivity contribution in [3.8, 4) is 5.75 Å². The van der Waals surface area contributed by atoms with Gasteiger partial charge < -0.3 is 15.2 Å². The molecule has 278 valence electrons. The van der Waals surface area contributed by atoms with E-state index < -0.39 is 35.0 Å². The number of benzene rings is 5. The SMILES string of the molecule is O=C1C(c2ccccc2)=CC(=O)C2(c3ccccc3)C1CC1C(=CCC3C(=O)N(c4ccc(Nc5ccccc5)cc4)C(=O)C31)C2c1ccc(OCCO)cc1.